The Labute approximate surface area is 258 Å². The van der Waals surface area contributed by atoms with E-state index in [1.807, 2.05) is 23.6 Å². The largest absolute Gasteiger partial charge is 0.465 e. The van der Waals surface area contributed by atoms with Crippen molar-refractivity contribution in [1.82, 2.24) is 19.3 Å². The Morgan fingerprint density at radius 1 is 1.23 bits per heavy atom. The molecule has 0 bridgehead atoms. The van der Waals surface area contributed by atoms with Crippen LogP contribution in [0, 0.1) is 18.7 Å². The third kappa shape index (κ3) is 3.71. The highest BCUT2D eigenvalue weighted by atomic mass is 35.5. The van der Waals surface area contributed by atoms with E-state index >= 15 is 4.39 Å². The van der Waals surface area contributed by atoms with Crippen LogP contribution in [0.2, 0.25) is 10.2 Å². The molecule has 4 aromatic rings. The molecule has 1 N–H and O–H groups in total. The van der Waals surface area contributed by atoms with Crippen LogP contribution in [0.1, 0.15) is 70.5 Å². The molecule has 0 unspecified atom stereocenters. The summed E-state index contributed by atoms with van der Waals surface area (Å²) in [7, 11) is 1.35. The second-order valence-electron chi connectivity index (χ2n) is 11.8. The molecule has 1 saturated carbocycles. The lowest BCUT2D eigenvalue weighted by Crippen LogP contribution is -2.53. The predicted molar refractivity (Wildman–Crippen MR) is 161 cm³/mol. The van der Waals surface area contributed by atoms with Crippen LogP contribution >= 0.6 is 23.2 Å². The fourth-order valence-corrected chi connectivity index (χ4v) is 8.17. The molecule has 4 atom stereocenters. The van der Waals surface area contributed by atoms with Crippen molar-refractivity contribution >= 4 is 46.4 Å². The number of fused-ring (bicyclic) bond motifs is 7. The summed E-state index contributed by atoms with van der Waals surface area (Å²) in [4.78, 5) is 38.3. The van der Waals surface area contributed by atoms with Crippen LogP contribution in [0.3, 0.4) is 0 Å². The van der Waals surface area contributed by atoms with Crippen LogP contribution in [-0.4, -0.2) is 50.8 Å². The molecule has 4 aliphatic rings. The number of carbonyl (C=O) groups excluding carboxylic acids is 2. The number of hydrogen-bond donors (Lipinski definition) is 1. The maximum atomic E-state index is 16.1. The number of carbonyl (C=O) groups is 2. The number of rotatable bonds is 4. The van der Waals surface area contributed by atoms with Gasteiger partial charge in [-0.15, -0.1) is 0 Å². The van der Waals surface area contributed by atoms with E-state index in [1.165, 1.54) is 13.3 Å². The van der Waals surface area contributed by atoms with Crippen molar-refractivity contribution in [3.63, 3.8) is 0 Å². The summed E-state index contributed by atoms with van der Waals surface area (Å²) in [6.07, 6.45) is 6.13. The third-order valence-electron chi connectivity index (χ3n) is 9.72. The minimum absolute atomic E-state index is 0. The molecule has 2 aliphatic heterocycles. The van der Waals surface area contributed by atoms with Crippen LogP contribution in [0.5, 0.6) is 0 Å². The number of hydrogen-bond acceptors (Lipinski definition) is 6. The Morgan fingerprint density at radius 3 is 2.77 bits per heavy atom. The van der Waals surface area contributed by atoms with Gasteiger partial charge in [-0.25, -0.2) is 19.2 Å². The molecule has 3 aromatic heterocycles. The fourth-order valence-electron chi connectivity index (χ4n) is 7.83. The quantitative estimate of drug-likeness (QED) is 0.213. The molecule has 222 valence electrons. The molecule has 1 saturated heterocycles. The SMILES string of the molecule is C.COC(=O)c1ccn2c3c(nc2c1C)[C@@H]1[C@H](C3)N(CC2CC2)[C@@]2(C(=O)Nc3cc(Cl)ccc32)[C@H]1c1ccnc(Cl)c1F. The topological polar surface area (TPSA) is 88.8 Å². The number of methoxy groups -OCH3 is 1. The number of aromatic nitrogens is 3. The first-order chi connectivity index (χ1) is 20.2. The van der Waals surface area contributed by atoms with Crippen LogP contribution in [-0.2, 0) is 21.5 Å². The number of likely N-dealkylation sites (tertiary alicyclic amines) is 1. The number of benzene rings is 1. The van der Waals surface area contributed by atoms with E-state index < -0.39 is 23.2 Å². The lowest BCUT2D eigenvalue weighted by molar-refractivity contribution is -0.128. The monoisotopic (exact) mass is 621 g/mol. The zero-order valence-corrected chi connectivity index (χ0v) is 24.3. The van der Waals surface area contributed by atoms with E-state index in [0.29, 0.717) is 51.9 Å². The van der Waals surface area contributed by atoms with E-state index in [0.717, 1.165) is 29.8 Å². The Balaban J connectivity index is 0.00000300. The first kappa shape index (κ1) is 28.3. The molecule has 1 spiro atoms. The first-order valence-corrected chi connectivity index (χ1v) is 14.8. The van der Waals surface area contributed by atoms with Crippen LogP contribution in [0.15, 0.2) is 42.7 Å². The number of amides is 1. The van der Waals surface area contributed by atoms with Crippen molar-refractivity contribution in [2.24, 2.45) is 5.92 Å². The summed E-state index contributed by atoms with van der Waals surface area (Å²) in [6.45, 7) is 2.55. The van der Waals surface area contributed by atoms with Gasteiger partial charge in [-0.2, -0.15) is 0 Å². The van der Waals surface area contributed by atoms with Gasteiger partial charge in [0.25, 0.3) is 0 Å². The smallest absolute Gasteiger partial charge is 0.338 e. The van der Waals surface area contributed by atoms with Gasteiger partial charge < -0.3 is 14.5 Å². The van der Waals surface area contributed by atoms with Crippen molar-refractivity contribution in [3.05, 3.63) is 92.4 Å². The van der Waals surface area contributed by atoms with Crippen molar-refractivity contribution in [2.45, 2.75) is 57.0 Å². The molecule has 2 aliphatic carbocycles. The van der Waals surface area contributed by atoms with Gasteiger partial charge in [0.05, 0.1) is 18.4 Å². The van der Waals surface area contributed by atoms with Gasteiger partial charge in [0.2, 0.25) is 5.91 Å². The Kier molecular flexibility index (Phi) is 6.40. The molecule has 11 heteroatoms. The zero-order chi connectivity index (χ0) is 29.1. The number of esters is 1. The minimum atomic E-state index is -1.21. The zero-order valence-electron chi connectivity index (χ0n) is 22.8. The number of imidazole rings is 1. The van der Waals surface area contributed by atoms with Gasteiger partial charge in [-0.1, -0.05) is 36.7 Å². The van der Waals surface area contributed by atoms with Crippen molar-refractivity contribution in [3.8, 4) is 0 Å². The number of anilines is 1. The summed E-state index contributed by atoms with van der Waals surface area (Å²) >= 11 is 12.7. The van der Waals surface area contributed by atoms with E-state index in [1.54, 1.807) is 24.3 Å². The molecular weight excluding hydrogens is 592 g/mol. The summed E-state index contributed by atoms with van der Waals surface area (Å²) in [6, 6.07) is 8.70. The van der Waals surface area contributed by atoms with E-state index in [-0.39, 0.29) is 30.4 Å². The molecular formula is C32H30Cl2FN5O3. The highest BCUT2D eigenvalue weighted by molar-refractivity contribution is 6.31. The molecule has 1 aromatic carbocycles. The lowest BCUT2D eigenvalue weighted by Gasteiger charge is -2.40. The number of pyridine rings is 2. The molecule has 5 heterocycles. The Morgan fingerprint density at radius 2 is 2.02 bits per heavy atom. The average molecular weight is 623 g/mol. The number of nitrogens with zero attached hydrogens (tertiary/aromatic N) is 4. The molecule has 8 nitrogen and oxygen atoms in total. The van der Waals surface area contributed by atoms with Crippen LogP contribution < -0.4 is 5.32 Å². The van der Waals surface area contributed by atoms with Crippen LogP contribution in [0.4, 0.5) is 10.1 Å². The number of ether oxygens (including phenoxy) is 1. The van der Waals surface area contributed by atoms with Crippen molar-refractivity contribution in [2.75, 3.05) is 19.0 Å². The highest BCUT2D eigenvalue weighted by Crippen LogP contribution is 2.65. The first-order valence-electron chi connectivity index (χ1n) is 14.0. The summed E-state index contributed by atoms with van der Waals surface area (Å²) in [5, 5.41) is 3.36. The lowest BCUT2D eigenvalue weighted by atomic mass is 9.71. The van der Waals surface area contributed by atoms with Crippen molar-refractivity contribution in [1.29, 1.82) is 0 Å². The Bertz CT molecular complexity index is 1860. The van der Waals surface area contributed by atoms with Gasteiger partial charge >= 0.3 is 5.97 Å². The predicted octanol–water partition coefficient (Wildman–Crippen LogP) is 6.27. The summed E-state index contributed by atoms with van der Waals surface area (Å²) in [5.41, 5.74) is 4.11. The van der Waals surface area contributed by atoms with Gasteiger partial charge in [0.15, 0.2) is 11.0 Å². The van der Waals surface area contributed by atoms with E-state index in [9.17, 15) is 9.59 Å². The van der Waals surface area contributed by atoms with Gasteiger partial charge in [0.1, 0.15) is 11.2 Å². The van der Waals surface area contributed by atoms with E-state index in [4.69, 9.17) is 32.9 Å². The minimum Gasteiger partial charge on any atom is -0.465 e. The number of nitrogens with one attached hydrogen (secondary N) is 1. The molecule has 2 fully saturated rings. The maximum Gasteiger partial charge on any atom is 0.338 e. The van der Waals surface area contributed by atoms with Gasteiger partial charge in [-0.05, 0) is 55.5 Å². The summed E-state index contributed by atoms with van der Waals surface area (Å²) in [5.74, 6) is -1.81. The standard InChI is InChI=1S/C31H26Cl2FN5O3.CH4/c1-14-17(29(40)42-2)8-10-38-22-12-21-23(26(22)37-28(14)38)24(18-7-9-35-27(33)25(18)34)31(39(21)13-15-3-4-15)19-6-5-16(32)11-20(19)36-30(31)41;/h5-11,15,21,23-24H,3-4,12-13H2,1-2H3,(H,36,41);1H4/t21-,23+,24-,31+;/m0./s1. The maximum absolute atomic E-state index is 16.1. The molecule has 0 radical (unpaired) electrons. The second kappa shape index (κ2) is 9.74. The van der Waals surface area contributed by atoms with Crippen molar-refractivity contribution < 1.29 is 18.7 Å². The number of aryl methyl sites for hydroxylation is 1. The highest BCUT2D eigenvalue weighted by Gasteiger charge is 2.70. The molecule has 43 heavy (non-hydrogen) atoms. The Hall–Kier alpha value is -3.53. The third-order valence-corrected chi connectivity index (χ3v) is 10.2. The van der Waals surface area contributed by atoms with E-state index in [2.05, 4.69) is 15.2 Å². The average Bonchev–Trinajstić information content (AvgIpc) is 3.40. The summed E-state index contributed by atoms with van der Waals surface area (Å²) < 4.78 is 23.1. The van der Waals surface area contributed by atoms with Crippen LogP contribution in [0.25, 0.3) is 5.65 Å². The molecule has 8 rings (SSSR count). The normalized spacial score (nSPS) is 25.4. The fraction of sp³-hybridized carbons (Fsp3) is 0.375. The number of halogens is 3. The molecule has 1 amide bonds. The second-order valence-corrected chi connectivity index (χ2v) is 12.6. The van der Waals surface area contributed by atoms with Gasteiger partial charge in [0, 0.05) is 70.8 Å². The van der Waals surface area contributed by atoms with Gasteiger partial charge in [-0.3, -0.25) is 9.69 Å².